The Morgan fingerprint density at radius 1 is 1.06 bits per heavy atom. The molecule has 4 rings (SSSR count). The fourth-order valence-electron chi connectivity index (χ4n) is 5.00. The fraction of sp³-hybridized carbons (Fsp3) is 1.00. The summed E-state index contributed by atoms with van der Waals surface area (Å²) in [6, 6.07) is 0.0761. The summed E-state index contributed by atoms with van der Waals surface area (Å²) in [4.78, 5) is 0. The lowest BCUT2D eigenvalue weighted by molar-refractivity contribution is 0.0237. The molecule has 1 unspecified atom stereocenters. The van der Waals surface area contributed by atoms with Gasteiger partial charge >= 0.3 is 0 Å². The normalized spacial score (nSPS) is 44.2. The maximum Gasteiger partial charge on any atom is 0.155 e. The third-order valence-corrected chi connectivity index (χ3v) is 8.09. The molecule has 4 aliphatic carbocycles. The fourth-order valence-corrected chi connectivity index (χ4v) is 7.71. The highest BCUT2D eigenvalue weighted by atomic mass is 32.2. The van der Waals surface area contributed by atoms with Gasteiger partial charge in [0.15, 0.2) is 9.84 Å². The van der Waals surface area contributed by atoms with E-state index < -0.39 is 9.84 Å². The highest BCUT2D eigenvalue weighted by molar-refractivity contribution is 7.92. The van der Waals surface area contributed by atoms with E-state index in [9.17, 15) is 8.42 Å². The van der Waals surface area contributed by atoms with E-state index in [0.717, 1.165) is 11.8 Å². The Bertz CT molecular complexity index is 390. The van der Waals surface area contributed by atoms with Crippen LogP contribution in [0, 0.1) is 23.7 Å². The molecular weight excluding hydrogens is 246 g/mol. The van der Waals surface area contributed by atoms with Gasteiger partial charge in [-0.15, -0.1) is 0 Å². The molecule has 4 heteroatoms. The molecule has 0 saturated heterocycles. The summed E-state index contributed by atoms with van der Waals surface area (Å²) in [5.41, 5.74) is 0. The maximum atomic E-state index is 12.7. The Balaban J connectivity index is 1.80. The van der Waals surface area contributed by atoms with Crippen molar-refractivity contribution in [2.45, 2.75) is 50.3 Å². The second-order valence-corrected chi connectivity index (χ2v) is 9.12. The lowest BCUT2D eigenvalue weighted by Gasteiger charge is -2.53. The van der Waals surface area contributed by atoms with Gasteiger partial charge in [0.1, 0.15) is 0 Å². The van der Waals surface area contributed by atoms with Crippen molar-refractivity contribution in [3.63, 3.8) is 0 Å². The SMILES string of the molecule is CNC(C)CS(=O)(=O)C1C2CC3CC(C2)CC1C3. The molecule has 0 radical (unpaired) electrons. The third kappa shape index (κ3) is 2.11. The summed E-state index contributed by atoms with van der Waals surface area (Å²) in [5.74, 6) is 2.98. The number of nitrogens with one attached hydrogen (secondary N) is 1. The van der Waals surface area contributed by atoms with Gasteiger partial charge in [-0.2, -0.15) is 0 Å². The van der Waals surface area contributed by atoms with Crippen LogP contribution in [0.3, 0.4) is 0 Å². The van der Waals surface area contributed by atoms with E-state index in [2.05, 4.69) is 5.32 Å². The maximum absolute atomic E-state index is 12.7. The van der Waals surface area contributed by atoms with Gasteiger partial charge in [0, 0.05) is 6.04 Å². The third-order valence-electron chi connectivity index (χ3n) is 5.53. The lowest BCUT2D eigenvalue weighted by Crippen LogP contribution is -2.53. The van der Waals surface area contributed by atoms with Crippen LogP contribution in [0.25, 0.3) is 0 Å². The number of sulfone groups is 1. The van der Waals surface area contributed by atoms with E-state index >= 15 is 0 Å². The molecule has 1 N–H and O–H groups in total. The summed E-state index contributed by atoms with van der Waals surface area (Å²) < 4.78 is 25.3. The van der Waals surface area contributed by atoms with E-state index in [0.29, 0.717) is 17.6 Å². The van der Waals surface area contributed by atoms with E-state index in [1.54, 1.807) is 0 Å². The van der Waals surface area contributed by atoms with Crippen LogP contribution in [-0.4, -0.2) is 32.5 Å². The second-order valence-electron chi connectivity index (χ2n) is 6.91. The first kappa shape index (κ1) is 12.9. The van der Waals surface area contributed by atoms with Crippen molar-refractivity contribution in [2.75, 3.05) is 12.8 Å². The van der Waals surface area contributed by atoms with E-state index in [4.69, 9.17) is 0 Å². The first-order chi connectivity index (χ1) is 8.49. The van der Waals surface area contributed by atoms with Gasteiger partial charge < -0.3 is 5.32 Å². The molecule has 1 atom stereocenters. The lowest BCUT2D eigenvalue weighted by atomic mass is 9.56. The van der Waals surface area contributed by atoms with Crippen LogP contribution >= 0.6 is 0 Å². The largest absolute Gasteiger partial charge is 0.316 e. The zero-order chi connectivity index (χ0) is 12.9. The molecule has 4 fully saturated rings. The predicted molar refractivity (Wildman–Crippen MR) is 73.1 cm³/mol. The van der Waals surface area contributed by atoms with Crippen molar-refractivity contribution in [1.82, 2.24) is 5.32 Å². The highest BCUT2D eigenvalue weighted by Crippen LogP contribution is 2.55. The second kappa shape index (κ2) is 4.48. The first-order valence-electron chi connectivity index (χ1n) is 7.38. The van der Waals surface area contributed by atoms with Crippen molar-refractivity contribution >= 4 is 9.84 Å². The topological polar surface area (TPSA) is 46.2 Å². The standard InChI is InChI=1S/C14H25NO2S/c1-9(15-2)8-18(16,17)14-12-4-10-3-11(6-12)7-13(14)5-10/h9-15H,3-8H2,1-2H3. The van der Waals surface area contributed by atoms with Crippen LogP contribution in [0.2, 0.25) is 0 Å². The summed E-state index contributed by atoms with van der Waals surface area (Å²) in [6.07, 6.45) is 6.12. The molecule has 4 bridgehead atoms. The predicted octanol–water partition coefficient (Wildman–Crippen LogP) is 1.83. The van der Waals surface area contributed by atoms with Crippen molar-refractivity contribution in [3.8, 4) is 0 Å². The number of rotatable bonds is 4. The molecule has 0 aromatic heterocycles. The minimum Gasteiger partial charge on any atom is -0.316 e. The van der Waals surface area contributed by atoms with Gasteiger partial charge in [-0.3, -0.25) is 0 Å². The Morgan fingerprint density at radius 2 is 1.56 bits per heavy atom. The monoisotopic (exact) mass is 271 g/mol. The Morgan fingerprint density at radius 3 is 2.00 bits per heavy atom. The molecule has 104 valence electrons. The zero-order valence-corrected chi connectivity index (χ0v) is 12.2. The summed E-state index contributed by atoms with van der Waals surface area (Å²) >= 11 is 0. The smallest absolute Gasteiger partial charge is 0.155 e. The van der Waals surface area contributed by atoms with E-state index in [-0.39, 0.29) is 11.3 Å². The molecule has 0 spiro atoms. The molecule has 0 aliphatic heterocycles. The molecular formula is C14H25NO2S. The van der Waals surface area contributed by atoms with Crippen LogP contribution in [0.4, 0.5) is 0 Å². The molecule has 4 aliphatic rings. The Kier molecular flexibility index (Phi) is 3.22. The summed E-state index contributed by atoms with van der Waals surface area (Å²) in [7, 11) is -1.07. The Hall–Kier alpha value is -0.0900. The van der Waals surface area contributed by atoms with Crippen LogP contribution in [0.5, 0.6) is 0 Å². The van der Waals surface area contributed by atoms with Crippen molar-refractivity contribution in [1.29, 1.82) is 0 Å². The number of hydrogen-bond donors (Lipinski definition) is 1. The van der Waals surface area contributed by atoms with Gasteiger partial charge in [-0.05, 0) is 69.7 Å². The molecule has 0 amide bonds. The minimum absolute atomic E-state index is 0.0129. The van der Waals surface area contributed by atoms with Gasteiger partial charge in [0.05, 0.1) is 11.0 Å². The van der Waals surface area contributed by atoms with E-state index in [1.807, 2.05) is 14.0 Å². The summed E-state index contributed by atoms with van der Waals surface area (Å²) in [6.45, 7) is 1.97. The quantitative estimate of drug-likeness (QED) is 0.848. The number of hydrogen-bond acceptors (Lipinski definition) is 3. The average molecular weight is 271 g/mol. The Labute approximate surface area is 111 Å². The first-order valence-corrected chi connectivity index (χ1v) is 9.10. The van der Waals surface area contributed by atoms with Gasteiger partial charge in [-0.1, -0.05) is 0 Å². The molecule has 0 aromatic rings. The van der Waals surface area contributed by atoms with Crippen LogP contribution < -0.4 is 5.32 Å². The van der Waals surface area contributed by atoms with Crippen molar-refractivity contribution < 1.29 is 8.42 Å². The van der Waals surface area contributed by atoms with Crippen molar-refractivity contribution in [2.24, 2.45) is 23.7 Å². The summed E-state index contributed by atoms with van der Waals surface area (Å²) in [5, 5.41) is 3.05. The van der Waals surface area contributed by atoms with Gasteiger partial charge in [0.2, 0.25) is 0 Å². The molecule has 3 nitrogen and oxygen atoms in total. The van der Waals surface area contributed by atoms with Crippen LogP contribution in [-0.2, 0) is 9.84 Å². The zero-order valence-electron chi connectivity index (χ0n) is 11.4. The molecule has 18 heavy (non-hydrogen) atoms. The molecule has 0 aromatic carbocycles. The van der Waals surface area contributed by atoms with Gasteiger partial charge in [-0.25, -0.2) is 8.42 Å². The van der Waals surface area contributed by atoms with Gasteiger partial charge in [0.25, 0.3) is 0 Å². The van der Waals surface area contributed by atoms with Crippen LogP contribution in [0.1, 0.15) is 39.0 Å². The average Bonchev–Trinajstić information content (AvgIpc) is 2.26. The molecule has 4 saturated carbocycles. The highest BCUT2D eigenvalue weighted by Gasteiger charge is 2.52. The van der Waals surface area contributed by atoms with Crippen LogP contribution in [0.15, 0.2) is 0 Å². The molecule has 0 heterocycles. The van der Waals surface area contributed by atoms with Crippen molar-refractivity contribution in [3.05, 3.63) is 0 Å². The van der Waals surface area contributed by atoms with E-state index in [1.165, 1.54) is 32.1 Å². The minimum atomic E-state index is -2.92.